The van der Waals surface area contributed by atoms with E-state index < -0.39 is 0 Å². The summed E-state index contributed by atoms with van der Waals surface area (Å²) in [6, 6.07) is 18.3. The average molecular weight is 337 g/mol. The number of piperidine rings is 1. The summed E-state index contributed by atoms with van der Waals surface area (Å²) in [6.07, 6.45) is 3.25. The third kappa shape index (κ3) is 4.60. The van der Waals surface area contributed by atoms with E-state index in [0.29, 0.717) is 6.04 Å². The van der Waals surface area contributed by atoms with Gasteiger partial charge in [0.2, 0.25) is 5.91 Å². The molecule has 0 aliphatic carbocycles. The summed E-state index contributed by atoms with van der Waals surface area (Å²) in [7, 11) is 0. The number of likely N-dealkylation sites (tertiary alicyclic amines) is 1. The summed E-state index contributed by atoms with van der Waals surface area (Å²) in [5.41, 5.74) is 2.90. The first-order valence-corrected chi connectivity index (χ1v) is 9.12. The van der Waals surface area contributed by atoms with E-state index in [1.165, 1.54) is 6.42 Å². The molecule has 2 aromatic rings. The van der Waals surface area contributed by atoms with Crippen LogP contribution in [0.2, 0.25) is 0 Å². The molecule has 1 aliphatic heterocycles. The number of para-hydroxylation sites is 1. The Morgan fingerprint density at radius 3 is 2.28 bits per heavy atom. The number of carbonyl (C=O) groups excluding carboxylic acids is 1. The lowest BCUT2D eigenvalue weighted by atomic mass is 9.99. The number of carbonyl (C=O) groups is 1. The van der Waals surface area contributed by atoms with Crippen molar-refractivity contribution in [3.63, 3.8) is 0 Å². The van der Waals surface area contributed by atoms with Crippen LogP contribution < -0.4 is 10.6 Å². The van der Waals surface area contributed by atoms with Crippen LogP contribution in [0.3, 0.4) is 0 Å². The molecule has 0 saturated carbocycles. The molecule has 0 bridgehead atoms. The lowest BCUT2D eigenvalue weighted by molar-refractivity contribution is -0.123. The molecule has 25 heavy (non-hydrogen) atoms. The highest BCUT2D eigenvalue weighted by atomic mass is 16.2. The van der Waals surface area contributed by atoms with Crippen LogP contribution in [0.4, 0.5) is 17.1 Å². The van der Waals surface area contributed by atoms with Crippen molar-refractivity contribution in [3.8, 4) is 0 Å². The highest BCUT2D eigenvalue weighted by Crippen LogP contribution is 2.22. The number of hydrogen-bond donors (Lipinski definition) is 2. The molecule has 0 spiro atoms. The normalized spacial score (nSPS) is 18.1. The van der Waals surface area contributed by atoms with Gasteiger partial charge < -0.3 is 10.6 Å². The number of nitrogens with one attached hydrogen (secondary N) is 2. The van der Waals surface area contributed by atoms with Crippen molar-refractivity contribution in [1.29, 1.82) is 0 Å². The summed E-state index contributed by atoms with van der Waals surface area (Å²) in [4.78, 5) is 15.0. The first-order chi connectivity index (χ1) is 12.1. The number of anilines is 3. The molecular formula is C21H27N3O. The molecule has 3 rings (SSSR count). The van der Waals surface area contributed by atoms with E-state index in [4.69, 9.17) is 0 Å². The standard InChI is InChI=1S/C21H27N3O/c1-16(2)24-15-7-6-10-20(24)21(25)23-19-13-11-18(12-14-19)22-17-8-4-3-5-9-17/h3-5,8-9,11-14,16,20,22H,6-7,10,15H2,1-2H3,(H,23,25). The quantitative estimate of drug-likeness (QED) is 0.836. The summed E-state index contributed by atoms with van der Waals surface area (Å²) in [5.74, 6) is 0.108. The molecule has 1 heterocycles. The lowest BCUT2D eigenvalue weighted by Gasteiger charge is -2.37. The van der Waals surface area contributed by atoms with E-state index in [-0.39, 0.29) is 11.9 Å². The van der Waals surface area contributed by atoms with Crippen molar-refractivity contribution < 1.29 is 4.79 Å². The Bertz CT molecular complexity index is 682. The van der Waals surface area contributed by atoms with Crippen molar-refractivity contribution >= 4 is 23.0 Å². The fraction of sp³-hybridized carbons (Fsp3) is 0.381. The van der Waals surface area contributed by atoms with Gasteiger partial charge >= 0.3 is 0 Å². The maximum absolute atomic E-state index is 12.7. The Kier molecular flexibility index (Phi) is 5.71. The summed E-state index contributed by atoms with van der Waals surface area (Å²) in [5, 5.41) is 6.43. The fourth-order valence-corrected chi connectivity index (χ4v) is 3.40. The van der Waals surface area contributed by atoms with E-state index in [1.54, 1.807) is 0 Å². The zero-order valence-corrected chi connectivity index (χ0v) is 15.0. The van der Waals surface area contributed by atoms with Gasteiger partial charge in [0.05, 0.1) is 6.04 Å². The molecule has 4 nitrogen and oxygen atoms in total. The van der Waals surface area contributed by atoms with Crippen molar-refractivity contribution in [3.05, 3.63) is 54.6 Å². The van der Waals surface area contributed by atoms with Gasteiger partial charge in [-0.25, -0.2) is 0 Å². The van der Waals surface area contributed by atoms with Crippen LogP contribution in [0.25, 0.3) is 0 Å². The number of amides is 1. The molecule has 1 fully saturated rings. The Balaban J connectivity index is 1.61. The van der Waals surface area contributed by atoms with Gasteiger partial charge in [-0.2, -0.15) is 0 Å². The predicted molar refractivity (Wildman–Crippen MR) is 104 cm³/mol. The third-order valence-corrected chi connectivity index (χ3v) is 4.73. The summed E-state index contributed by atoms with van der Waals surface area (Å²) in [6.45, 7) is 5.33. The van der Waals surface area contributed by atoms with Gasteiger partial charge in [-0.05, 0) is 69.6 Å². The topological polar surface area (TPSA) is 44.4 Å². The van der Waals surface area contributed by atoms with E-state index in [0.717, 1.165) is 36.4 Å². The smallest absolute Gasteiger partial charge is 0.241 e. The first-order valence-electron chi connectivity index (χ1n) is 9.12. The predicted octanol–water partition coefficient (Wildman–Crippen LogP) is 4.63. The minimum atomic E-state index is -0.0177. The van der Waals surface area contributed by atoms with Crippen LogP contribution in [0.15, 0.2) is 54.6 Å². The monoisotopic (exact) mass is 337 g/mol. The van der Waals surface area contributed by atoms with E-state index in [9.17, 15) is 4.79 Å². The molecule has 1 unspecified atom stereocenters. The Morgan fingerprint density at radius 2 is 1.60 bits per heavy atom. The van der Waals surface area contributed by atoms with Gasteiger partial charge in [0.15, 0.2) is 0 Å². The Hall–Kier alpha value is -2.33. The van der Waals surface area contributed by atoms with Crippen molar-refractivity contribution in [2.24, 2.45) is 0 Å². The van der Waals surface area contributed by atoms with E-state index >= 15 is 0 Å². The molecule has 2 aromatic carbocycles. The van der Waals surface area contributed by atoms with Gasteiger partial charge in [0, 0.05) is 23.1 Å². The maximum Gasteiger partial charge on any atom is 0.241 e. The van der Waals surface area contributed by atoms with Crippen LogP contribution in [0.5, 0.6) is 0 Å². The van der Waals surface area contributed by atoms with Gasteiger partial charge in [-0.3, -0.25) is 9.69 Å². The maximum atomic E-state index is 12.7. The zero-order valence-electron chi connectivity index (χ0n) is 15.0. The van der Waals surface area contributed by atoms with Gasteiger partial charge in [0.1, 0.15) is 0 Å². The lowest BCUT2D eigenvalue weighted by Crippen LogP contribution is -2.50. The minimum Gasteiger partial charge on any atom is -0.356 e. The molecule has 1 atom stereocenters. The Morgan fingerprint density at radius 1 is 0.960 bits per heavy atom. The second-order valence-corrected chi connectivity index (χ2v) is 6.90. The molecule has 132 valence electrons. The number of benzene rings is 2. The molecular weight excluding hydrogens is 310 g/mol. The second-order valence-electron chi connectivity index (χ2n) is 6.90. The molecule has 1 amide bonds. The van der Waals surface area contributed by atoms with Crippen LogP contribution in [0.1, 0.15) is 33.1 Å². The number of hydrogen-bond acceptors (Lipinski definition) is 3. The molecule has 4 heteroatoms. The van der Waals surface area contributed by atoms with Gasteiger partial charge in [-0.1, -0.05) is 24.6 Å². The van der Waals surface area contributed by atoms with Crippen LogP contribution in [-0.4, -0.2) is 29.4 Å². The molecule has 2 N–H and O–H groups in total. The number of nitrogens with zero attached hydrogens (tertiary/aromatic N) is 1. The second kappa shape index (κ2) is 8.17. The van der Waals surface area contributed by atoms with Crippen molar-refractivity contribution in [2.45, 2.75) is 45.2 Å². The van der Waals surface area contributed by atoms with Crippen LogP contribution >= 0.6 is 0 Å². The van der Waals surface area contributed by atoms with Crippen molar-refractivity contribution in [1.82, 2.24) is 4.90 Å². The molecule has 0 radical (unpaired) electrons. The summed E-state index contributed by atoms with van der Waals surface area (Å²) < 4.78 is 0. The highest BCUT2D eigenvalue weighted by Gasteiger charge is 2.30. The van der Waals surface area contributed by atoms with Crippen LogP contribution in [-0.2, 0) is 4.79 Å². The summed E-state index contributed by atoms with van der Waals surface area (Å²) >= 11 is 0. The van der Waals surface area contributed by atoms with Crippen LogP contribution in [0, 0.1) is 0 Å². The first kappa shape index (κ1) is 17.5. The average Bonchev–Trinajstić information content (AvgIpc) is 2.64. The molecule has 0 aromatic heterocycles. The molecule has 1 aliphatic rings. The third-order valence-electron chi connectivity index (χ3n) is 4.73. The van der Waals surface area contributed by atoms with Crippen molar-refractivity contribution in [2.75, 3.05) is 17.2 Å². The molecule has 1 saturated heterocycles. The zero-order chi connectivity index (χ0) is 17.6. The van der Waals surface area contributed by atoms with Gasteiger partial charge in [0.25, 0.3) is 0 Å². The number of rotatable bonds is 5. The minimum absolute atomic E-state index is 0.0177. The van der Waals surface area contributed by atoms with E-state index in [1.807, 2.05) is 54.6 Å². The fourth-order valence-electron chi connectivity index (χ4n) is 3.40. The Labute approximate surface area is 150 Å². The SMILES string of the molecule is CC(C)N1CCCCC1C(=O)Nc1ccc(Nc2ccccc2)cc1. The van der Waals surface area contributed by atoms with Gasteiger partial charge in [-0.15, -0.1) is 0 Å². The largest absolute Gasteiger partial charge is 0.356 e. The highest BCUT2D eigenvalue weighted by molar-refractivity contribution is 5.95. The van der Waals surface area contributed by atoms with E-state index in [2.05, 4.69) is 29.4 Å².